The molecule has 0 aliphatic heterocycles. The van der Waals surface area contributed by atoms with Gasteiger partial charge in [0.15, 0.2) is 5.11 Å². The van der Waals surface area contributed by atoms with Crippen molar-refractivity contribution in [3.8, 4) is 5.75 Å². The highest BCUT2D eigenvalue weighted by molar-refractivity contribution is 9.10. The van der Waals surface area contributed by atoms with Crippen LogP contribution in [0.25, 0.3) is 0 Å². The third kappa shape index (κ3) is 6.42. The fourth-order valence-electron chi connectivity index (χ4n) is 3.00. The molecule has 0 atom stereocenters. The second kappa shape index (κ2) is 10.3. The zero-order valence-corrected chi connectivity index (χ0v) is 17.8. The van der Waals surface area contributed by atoms with Crippen LogP contribution in [0.2, 0.25) is 0 Å². The average molecular weight is 460 g/mol. The molecule has 1 aliphatic carbocycles. The number of carbonyl (C=O) groups is 1. The van der Waals surface area contributed by atoms with Gasteiger partial charge < -0.3 is 10.1 Å². The van der Waals surface area contributed by atoms with Gasteiger partial charge in [-0.05, 0) is 79.2 Å². The monoisotopic (exact) mass is 459 g/mol. The molecule has 0 radical (unpaired) electrons. The molecule has 2 aromatic carbocycles. The number of nitrogens with zero attached hydrogens (tertiary/aromatic N) is 1. The number of hydrazone groups is 1. The summed E-state index contributed by atoms with van der Waals surface area (Å²) >= 11 is 8.62. The topological polar surface area (TPSA) is 62.7 Å². The van der Waals surface area contributed by atoms with Gasteiger partial charge in [0.1, 0.15) is 5.75 Å². The second-order valence-corrected chi connectivity index (χ2v) is 7.97. The Hall–Kier alpha value is -2.25. The van der Waals surface area contributed by atoms with Gasteiger partial charge in [0, 0.05) is 10.5 Å². The number of halogens is 1. The van der Waals surface area contributed by atoms with Crippen LogP contribution in [0, 0.1) is 0 Å². The predicted molar refractivity (Wildman–Crippen MR) is 119 cm³/mol. The van der Waals surface area contributed by atoms with Crippen molar-refractivity contribution in [3.05, 3.63) is 64.1 Å². The van der Waals surface area contributed by atoms with Crippen molar-refractivity contribution in [3.63, 3.8) is 0 Å². The number of esters is 1. The number of carbonyl (C=O) groups excluding carboxylic acids is 1. The molecule has 1 fully saturated rings. The van der Waals surface area contributed by atoms with E-state index >= 15 is 0 Å². The van der Waals surface area contributed by atoms with Gasteiger partial charge in [-0.15, -0.1) is 0 Å². The minimum absolute atomic E-state index is 0.394. The first kappa shape index (κ1) is 20.5. The molecule has 2 aromatic rings. The summed E-state index contributed by atoms with van der Waals surface area (Å²) in [6.45, 7) is 0. The van der Waals surface area contributed by atoms with E-state index in [1.807, 2.05) is 12.1 Å². The number of rotatable bonds is 5. The van der Waals surface area contributed by atoms with Crippen LogP contribution < -0.4 is 15.5 Å². The van der Waals surface area contributed by atoms with Crippen LogP contribution in [0.4, 0.5) is 0 Å². The molecule has 0 aromatic heterocycles. The van der Waals surface area contributed by atoms with E-state index in [9.17, 15) is 4.79 Å². The van der Waals surface area contributed by atoms with Crippen molar-refractivity contribution in [2.45, 2.75) is 38.1 Å². The van der Waals surface area contributed by atoms with Crippen LogP contribution in [-0.4, -0.2) is 23.3 Å². The van der Waals surface area contributed by atoms with E-state index in [4.69, 9.17) is 17.0 Å². The van der Waals surface area contributed by atoms with Crippen LogP contribution in [0.5, 0.6) is 5.75 Å². The van der Waals surface area contributed by atoms with E-state index in [2.05, 4.69) is 31.8 Å². The van der Waals surface area contributed by atoms with E-state index in [1.165, 1.54) is 19.3 Å². The Bertz CT molecular complexity index is 832. The third-order valence-electron chi connectivity index (χ3n) is 4.49. The molecule has 146 valence electrons. The van der Waals surface area contributed by atoms with E-state index in [1.54, 1.807) is 42.6 Å². The molecule has 0 spiro atoms. The Balaban J connectivity index is 1.47. The summed E-state index contributed by atoms with van der Waals surface area (Å²) in [6.07, 6.45) is 7.81. The molecular formula is C21H22BrN3O2S. The molecular weight excluding hydrogens is 438 g/mol. The number of benzene rings is 2. The van der Waals surface area contributed by atoms with Gasteiger partial charge in [-0.25, -0.2) is 4.79 Å². The summed E-state index contributed by atoms with van der Waals surface area (Å²) in [5.41, 5.74) is 4.22. The van der Waals surface area contributed by atoms with Crippen molar-refractivity contribution in [2.24, 2.45) is 5.10 Å². The lowest BCUT2D eigenvalue weighted by Crippen LogP contribution is -2.40. The highest BCUT2D eigenvalue weighted by Crippen LogP contribution is 2.17. The molecule has 2 N–H and O–H groups in total. The van der Waals surface area contributed by atoms with Crippen molar-refractivity contribution in [2.75, 3.05) is 0 Å². The average Bonchev–Trinajstić information content (AvgIpc) is 2.70. The summed E-state index contributed by atoms with van der Waals surface area (Å²) in [5, 5.41) is 8.01. The maximum Gasteiger partial charge on any atom is 0.343 e. The molecule has 0 saturated heterocycles. The molecule has 3 rings (SSSR count). The van der Waals surface area contributed by atoms with Crippen LogP contribution in [-0.2, 0) is 0 Å². The molecule has 0 heterocycles. The van der Waals surface area contributed by atoms with Crippen molar-refractivity contribution in [1.82, 2.24) is 10.7 Å². The van der Waals surface area contributed by atoms with Crippen molar-refractivity contribution >= 4 is 45.4 Å². The lowest BCUT2D eigenvalue weighted by molar-refractivity contribution is 0.0734. The maximum atomic E-state index is 12.1. The molecule has 0 unspecified atom stereocenters. The standard InChI is InChI=1S/C21H22BrN3O2S/c22-17-10-8-16(9-11-17)20(26)27-19-12-6-15(7-13-19)14-23-25-21(28)24-18-4-2-1-3-5-18/h6-14,18H,1-5H2,(H2,24,25,28)/b23-14+. The Morgan fingerprint density at radius 1 is 1.07 bits per heavy atom. The Morgan fingerprint density at radius 2 is 1.75 bits per heavy atom. The second-order valence-electron chi connectivity index (χ2n) is 6.64. The third-order valence-corrected chi connectivity index (χ3v) is 5.23. The van der Waals surface area contributed by atoms with Gasteiger partial charge in [0.05, 0.1) is 11.8 Å². The highest BCUT2D eigenvalue weighted by atomic mass is 79.9. The van der Waals surface area contributed by atoms with E-state index < -0.39 is 5.97 Å². The predicted octanol–water partition coefficient (Wildman–Crippen LogP) is 4.80. The maximum absolute atomic E-state index is 12.1. The lowest BCUT2D eigenvalue weighted by Gasteiger charge is -2.23. The normalized spacial score (nSPS) is 14.6. The van der Waals surface area contributed by atoms with Crippen LogP contribution in [0.15, 0.2) is 58.1 Å². The number of hydrogen-bond donors (Lipinski definition) is 2. The Morgan fingerprint density at radius 3 is 2.43 bits per heavy atom. The molecule has 28 heavy (non-hydrogen) atoms. The summed E-state index contributed by atoms with van der Waals surface area (Å²) in [7, 11) is 0. The molecule has 1 saturated carbocycles. The largest absolute Gasteiger partial charge is 0.423 e. The molecule has 1 aliphatic rings. The lowest BCUT2D eigenvalue weighted by atomic mass is 9.96. The number of ether oxygens (including phenoxy) is 1. The van der Waals surface area contributed by atoms with Gasteiger partial charge in [-0.1, -0.05) is 35.2 Å². The van der Waals surface area contributed by atoms with E-state index in [-0.39, 0.29) is 0 Å². The summed E-state index contributed by atoms with van der Waals surface area (Å²) in [4.78, 5) is 12.1. The fraction of sp³-hybridized carbons (Fsp3) is 0.286. The zero-order chi connectivity index (χ0) is 19.8. The van der Waals surface area contributed by atoms with E-state index in [0.29, 0.717) is 22.5 Å². The van der Waals surface area contributed by atoms with Gasteiger partial charge in [0.2, 0.25) is 0 Å². The molecule has 5 nitrogen and oxygen atoms in total. The molecule has 0 bridgehead atoms. The van der Waals surface area contributed by atoms with Crippen molar-refractivity contribution in [1.29, 1.82) is 0 Å². The quantitative estimate of drug-likeness (QED) is 0.221. The van der Waals surface area contributed by atoms with Crippen LogP contribution in [0.1, 0.15) is 48.0 Å². The fourth-order valence-corrected chi connectivity index (χ4v) is 3.49. The number of thiocarbonyl (C=S) groups is 1. The molecule has 0 amide bonds. The number of nitrogens with one attached hydrogen (secondary N) is 2. The smallest absolute Gasteiger partial charge is 0.343 e. The Labute approximate surface area is 178 Å². The van der Waals surface area contributed by atoms with Gasteiger partial charge >= 0.3 is 5.97 Å². The molecule has 7 heteroatoms. The highest BCUT2D eigenvalue weighted by Gasteiger charge is 2.13. The summed E-state index contributed by atoms with van der Waals surface area (Å²) in [6, 6.07) is 14.6. The minimum atomic E-state index is -0.394. The van der Waals surface area contributed by atoms with E-state index in [0.717, 1.165) is 22.9 Å². The zero-order valence-electron chi connectivity index (χ0n) is 15.4. The first-order chi connectivity index (χ1) is 13.6. The van der Waals surface area contributed by atoms with Gasteiger partial charge in [-0.2, -0.15) is 5.10 Å². The SMILES string of the molecule is O=C(Oc1ccc(/C=N/NC(=S)NC2CCCCC2)cc1)c1ccc(Br)cc1. The van der Waals surface area contributed by atoms with Crippen LogP contribution >= 0.6 is 28.1 Å². The van der Waals surface area contributed by atoms with Gasteiger partial charge in [0.25, 0.3) is 0 Å². The first-order valence-corrected chi connectivity index (χ1v) is 10.5. The minimum Gasteiger partial charge on any atom is -0.423 e. The number of hydrogen-bond acceptors (Lipinski definition) is 4. The first-order valence-electron chi connectivity index (χ1n) is 9.27. The Kier molecular flexibility index (Phi) is 7.56. The summed E-state index contributed by atoms with van der Waals surface area (Å²) in [5.74, 6) is 0.0854. The van der Waals surface area contributed by atoms with Crippen molar-refractivity contribution < 1.29 is 9.53 Å². The summed E-state index contributed by atoms with van der Waals surface area (Å²) < 4.78 is 6.29. The van der Waals surface area contributed by atoms with Gasteiger partial charge in [-0.3, -0.25) is 5.43 Å². The van der Waals surface area contributed by atoms with Crippen LogP contribution in [0.3, 0.4) is 0 Å².